The van der Waals surface area contributed by atoms with E-state index in [0.29, 0.717) is 19.8 Å². The minimum atomic E-state index is -0.852. The molecular weight excluding hydrogens is 502 g/mol. The normalized spacial score (nSPS) is 20.6. The third-order valence-corrected chi connectivity index (χ3v) is 6.86. The molecule has 0 unspecified atom stereocenters. The van der Waals surface area contributed by atoms with Gasteiger partial charge in [0.2, 0.25) is 0 Å². The van der Waals surface area contributed by atoms with Crippen molar-refractivity contribution >= 4 is 5.91 Å². The van der Waals surface area contributed by atoms with Crippen LogP contribution < -0.4 is 5.32 Å². The second-order valence-corrected chi connectivity index (χ2v) is 9.86. The predicted molar refractivity (Wildman–Crippen MR) is 153 cm³/mol. The van der Waals surface area contributed by atoms with E-state index >= 15 is 0 Å². The lowest BCUT2D eigenvalue weighted by Crippen LogP contribution is -2.66. The van der Waals surface area contributed by atoms with Crippen LogP contribution in [0.1, 0.15) is 22.3 Å². The van der Waals surface area contributed by atoms with Crippen LogP contribution in [0.3, 0.4) is 0 Å². The Morgan fingerprint density at radius 3 is 1.38 bits per heavy atom. The first-order valence-corrected chi connectivity index (χ1v) is 13.6. The zero-order valence-electron chi connectivity index (χ0n) is 22.4. The second kappa shape index (κ2) is 14.5. The molecule has 1 fully saturated rings. The van der Waals surface area contributed by atoms with E-state index in [1.165, 1.54) is 0 Å². The number of piperidine rings is 1. The third kappa shape index (κ3) is 7.87. The number of ether oxygens (including phenoxy) is 4. The molecule has 4 aromatic carbocycles. The number of hydrogen-bond acceptors (Lipinski definition) is 5. The summed E-state index contributed by atoms with van der Waals surface area (Å²) in [5, 5.41) is 3.11. The summed E-state index contributed by atoms with van der Waals surface area (Å²) in [6.45, 7) is 1.68. The first kappa shape index (κ1) is 27.7. The number of benzene rings is 4. The largest absolute Gasteiger partial charge is 0.375 e. The van der Waals surface area contributed by atoms with Crippen LogP contribution in [0.4, 0.5) is 0 Å². The highest BCUT2D eigenvalue weighted by Crippen LogP contribution is 2.25. The number of nitrogens with one attached hydrogen (secondary N) is 1. The molecule has 1 aliphatic heterocycles. The van der Waals surface area contributed by atoms with Crippen LogP contribution in [-0.2, 0) is 50.2 Å². The fraction of sp³-hybridized carbons (Fsp3) is 0.265. The van der Waals surface area contributed by atoms with Crippen LogP contribution in [0.5, 0.6) is 0 Å². The van der Waals surface area contributed by atoms with E-state index in [-0.39, 0.29) is 19.1 Å². The molecule has 1 aliphatic rings. The van der Waals surface area contributed by atoms with Crippen LogP contribution in [0, 0.1) is 0 Å². The third-order valence-electron chi connectivity index (χ3n) is 6.86. The Bertz CT molecular complexity index is 1290. The van der Waals surface area contributed by atoms with Crippen molar-refractivity contribution in [1.29, 1.82) is 0 Å². The maximum atomic E-state index is 13.5. The van der Waals surface area contributed by atoms with E-state index in [9.17, 15) is 4.79 Å². The summed E-state index contributed by atoms with van der Waals surface area (Å²) in [4.78, 5) is 13.5. The average Bonchev–Trinajstić information content (AvgIpc) is 3.01. The molecule has 6 heteroatoms. The zero-order chi connectivity index (χ0) is 27.4. The van der Waals surface area contributed by atoms with Gasteiger partial charge in [-0.3, -0.25) is 4.79 Å². The molecule has 0 saturated carbocycles. The van der Waals surface area contributed by atoms with Gasteiger partial charge in [-0.2, -0.15) is 0 Å². The van der Waals surface area contributed by atoms with Crippen LogP contribution in [0.15, 0.2) is 121 Å². The standard InChI is InChI=1S/C34H35NO5/c36-34-33(40-24-29-19-11-4-12-20-29)32(39-23-28-17-9-3-10-18-28)31(38-22-27-15-7-2-8-16-27)30(35-34)25-37-21-26-13-5-1-6-14-26/h1-20,30-33H,21-25H2,(H,35,36)/t30-,31-,32+,33-/m0/s1. The first-order valence-electron chi connectivity index (χ1n) is 13.6. The van der Waals surface area contributed by atoms with Gasteiger partial charge in [-0.15, -0.1) is 0 Å². The SMILES string of the molecule is O=C1N[C@@H](COCc2ccccc2)[C@H](OCc2ccccc2)[C@@H](OCc2ccccc2)[C@@H]1OCc1ccccc1. The van der Waals surface area contributed by atoms with Gasteiger partial charge in [-0.1, -0.05) is 121 Å². The number of amides is 1. The topological polar surface area (TPSA) is 66.0 Å². The van der Waals surface area contributed by atoms with Gasteiger partial charge >= 0.3 is 0 Å². The van der Waals surface area contributed by atoms with E-state index in [0.717, 1.165) is 22.3 Å². The summed E-state index contributed by atoms with van der Waals surface area (Å²) in [5.74, 6) is -0.234. The van der Waals surface area contributed by atoms with Crippen molar-refractivity contribution in [3.05, 3.63) is 144 Å². The second-order valence-electron chi connectivity index (χ2n) is 9.86. The van der Waals surface area contributed by atoms with E-state index in [1.807, 2.05) is 121 Å². The Balaban J connectivity index is 1.36. The Morgan fingerprint density at radius 2 is 0.900 bits per heavy atom. The van der Waals surface area contributed by atoms with Crippen LogP contribution in [0.25, 0.3) is 0 Å². The molecule has 0 aromatic heterocycles. The summed E-state index contributed by atoms with van der Waals surface area (Å²) in [6.07, 6.45) is -2.00. The molecule has 1 saturated heterocycles. The maximum Gasteiger partial charge on any atom is 0.252 e. The smallest absolute Gasteiger partial charge is 0.252 e. The van der Waals surface area contributed by atoms with Crippen LogP contribution in [-0.4, -0.2) is 36.9 Å². The average molecular weight is 538 g/mol. The van der Waals surface area contributed by atoms with E-state index < -0.39 is 24.4 Å². The summed E-state index contributed by atoms with van der Waals surface area (Å²) in [5.41, 5.74) is 4.08. The molecule has 5 rings (SSSR count). The predicted octanol–water partition coefficient (Wildman–Crippen LogP) is 5.46. The first-order chi connectivity index (χ1) is 19.8. The molecule has 4 atom stereocenters. The van der Waals surface area contributed by atoms with E-state index in [2.05, 4.69) is 5.32 Å². The van der Waals surface area contributed by atoms with Gasteiger partial charge < -0.3 is 24.3 Å². The molecule has 0 bridgehead atoms. The Morgan fingerprint density at radius 1 is 0.500 bits per heavy atom. The van der Waals surface area contributed by atoms with Gasteiger partial charge in [-0.25, -0.2) is 0 Å². The Kier molecular flexibility index (Phi) is 10.1. The molecule has 1 N–H and O–H groups in total. The molecule has 1 amide bonds. The molecule has 4 aromatic rings. The summed E-state index contributed by atoms with van der Waals surface area (Å²) in [7, 11) is 0. The van der Waals surface area contributed by atoms with Crippen molar-refractivity contribution in [3.63, 3.8) is 0 Å². The van der Waals surface area contributed by atoms with Gasteiger partial charge in [0.15, 0.2) is 6.10 Å². The van der Waals surface area contributed by atoms with Crippen molar-refractivity contribution in [1.82, 2.24) is 5.32 Å². The lowest BCUT2D eigenvalue weighted by Gasteiger charge is -2.42. The highest BCUT2D eigenvalue weighted by atomic mass is 16.6. The molecule has 206 valence electrons. The molecule has 0 spiro atoms. The molecular formula is C34H35NO5. The van der Waals surface area contributed by atoms with E-state index in [4.69, 9.17) is 18.9 Å². The van der Waals surface area contributed by atoms with Gasteiger partial charge in [0.25, 0.3) is 5.91 Å². The fourth-order valence-electron chi connectivity index (χ4n) is 4.77. The van der Waals surface area contributed by atoms with Gasteiger partial charge in [0.1, 0.15) is 12.2 Å². The van der Waals surface area contributed by atoms with Crippen LogP contribution >= 0.6 is 0 Å². The minimum Gasteiger partial charge on any atom is -0.375 e. The van der Waals surface area contributed by atoms with Crippen molar-refractivity contribution in [2.45, 2.75) is 50.8 Å². The maximum absolute atomic E-state index is 13.5. The quantitative estimate of drug-likeness (QED) is 0.245. The van der Waals surface area contributed by atoms with Gasteiger partial charge in [0.05, 0.1) is 39.1 Å². The molecule has 1 heterocycles. The highest BCUT2D eigenvalue weighted by molar-refractivity contribution is 5.83. The lowest BCUT2D eigenvalue weighted by molar-refractivity contribution is -0.191. The zero-order valence-corrected chi connectivity index (χ0v) is 22.4. The van der Waals surface area contributed by atoms with E-state index in [1.54, 1.807) is 0 Å². The number of carbonyl (C=O) groups is 1. The fourth-order valence-corrected chi connectivity index (χ4v) is 4.77. The summed E-state index contributed by atoms with van der Waals surface area (Å²) >= 11 is 0. The number of rotatable bonds is 13. The Hall–Kier alpha value is -3.81. The number of carbonyl (C=O) groups excluding carboxylic acids is 1. The van der Waals surface area contributed by atoms with Gasteiger partial charge in [0, 0.05) is 0 Å². The molecule has 0 aliphatic carbocycles. The lowest BCUT2D eigenvalue weighted by atomic mass is 9.94. The van der Waals surface area contributed by atoms with Crippen molar-refractivity contribution in [2.24, 2.45) is 0 Å². The van der Waals surface area contributed by atoms with Crippen LogP contribution in [0.2, 0.25) is 0 Å². The van der Waals surface area contributed by atoms with Crippen molar-refractivity contribution < 1.29 is 23.7 Å². The monoisotopic (exact) mass is 537 g/mol. The summed E-state index contributed by atoms with van der Waals surface area (Å²) in [6, 6.07) is 39.3. The van der Waals surface area contributed by atoms with Crippen molar-refractivity contribution in [2.75, 3.05) is 6.61 Å². The minimum absolute atomic E-state index is 0.234. The van der Waals surface area contributed by atoms with Crippen molar-refractivity contribution in [3.8, 4) is 0 Å². The van der Waals surface area contributed by atoms with Gasteiger partial charge in [-0.05, 0) is 22.3 Å². The molecule has 6 nitrogen and oxygen atoms in total. The number of hydrogen-bond donors (Lipinski definition) is 1. The molecule has 40 heavy (non-hydrogen) atoms. The Labute approximate surface area is 235 Å². The summed E-state index contributed by atoms with van der Waals surface area (Å²) < 4.78 is 25.3. The highest BCUT2D eigenvalue weighted by Gasteiger charge is 2.46. The molecule has 0 radical (unpaired) electrons.